The Morgan fingerprint density at radius 1 is 1.46 bits per heavy atom. The molecule has 0 radical (unpaired) electrons. The van der Waals surface area contributed by atoms with Crippen LogP contribution < -0.4 is 5.32 Å². The Hall–Kier alpha value is -0.210. The molecular weight excluding hydrogens is 249 g/mol. The third kappa shape index (κ3) is 3.57. The first-order chi connectivity index (χ1) is 6.09. The minimum Gasteiger partial charge on any atom is -0.384 e. The van der Waals surface area contributed by atoms with Crippen LogP contribution in [0, 0.1) is 5.92 Å². The maximum atomic E-state index is 6.02. The van der Waals surface area contributed by atoms with Gasteiger partial charge >= 0.3 is 0 Å². The zero-order chi connectivity index (χ0) is 9.84. The molecule has 1 rings (SSSR count). The number of hydrogen-bond acceptors (Lipinski definition) is 1. The van der Waals surface area contributed by atoms with Crippen LogP contribution in [0.3, 0.4) is 0 Å². The zero-order valence-electron chi connectivity index (χ0n) is 7.77. The second-order valence-electron chi connectivity index (χ2n) is 3.40. The number of anilines is 1. The van der Waals surface area contributed by atoms with E-state index in [1.807, 2.05) is 18.2 Å². The topological polar surface area (TPSA) is 12.0 Å². The summed E-state index contributed by atoms with van der Waals surface area (Å²) < 4.78 is 1.01. The molecule has 0 amide bonds. The Kier molecular flexibility index (Phi) is 4.07. The lowest BCUT2D eigenvalue weighted by Crippen LogP contribution is -2.07. The normalized spacial score (nSPS) is 10.5. The molecule has 1 aromatic carbocycles. The molecule has 13 heavy (non-hydrogen) atoms. The first kappa shape index (κ1) is 10.9. The summed E-state index contributed by atoms with van der Waals surface area (Å²) in [7, 11) is 0. The van der Waals surface area contributed by atoms with E-state index in [1.165, 1.54) is 0 Å². The summed E-state index contributed by atoms with van der Waals surface area (Å²) in [6.07, 6.45) is 0. The van der Waals surface area contributed by atoms with Gasteiger partial charge in [-0.1, -0.05) is 41.4 Å². The van der Waals surface area contributed by atoms with Gasteiger partial charge < -0.3 is 5.32 Å². The smallest absolute Gasteiger partial charge is 0.0648 e. The Morgan fingerprint density at radius 2 is 2.15 bits per heavy atom. The fourth-order valence-electron chi connectivity index (χ4n) is 0.947. The number of benzene rings is 1. The summed E-state index contributed by atoms with van der Waals surface area (Å²) in [5, 5.41) is 4.05. The van der Waals surface area contributed by atoms with Crippen LogP contribution in [-0.4, -0.2) is 6.54 Å². The lowest BCUT2D eigenvalue weighted by atomic mass is 10.2. The highest BCUT2D eigenvalue weighted by Gasteiger charge is 2.00. The second kappa shape index (κ2) is 4.87. The van der Waals surface area contributed by atoms with Crippen molar-refractivity contribution >= 4 is 33.2 Å². The van der Waals surface area contributed by atoms with Gasteiger partial charge in [0.05, 0.1) is 10.7 Å². The molecular formula is C10H13BrClN. The Bertz CT molecular complexity index is 286. The minimum atomic E-state index is 0.625. The van der Waals surface area contributed by atoms with Crippen LogP contribution in [0.4, 0.5) is 5.69 Å². The quantitative estimate of drug-likeness (QED) is 0.862. The molecule has 0 spiro atoms. The second-order valence-corrected chi connectivity index (χ2v) is 4.72. The average Bonchev–Trinajstić information content (AvgIpc) is 2.02. The van der Waals surface area contributed by atoms with Crippen LogP contribution in [0.15, 0.2) is 22.7 Å². The molecule has 0 heterocycles. The van der Waals surface area contributed by atoms with E-state index < -0.39 is 0 Å². The van der Waals surface area contributed by atoms with E-state index in [9.17, 15) is 0 Å². The summed E-state index contributed by atoms with van der Waals surface area (Å²) in [4.78, 5) is 0. The van der Waals surface area contributed by atoms with Gasteiger partial charge in [-0.25, -0.2) is 0 Å². The van der Waals surface area contributed by atoms with Gasteiger partial charge in [0.2, 0.25) is 0 Å². The van der Waals surface area contributed by atoms with Crippen LogP contribution in [0.1, 0.15) is 13.8 Å². The number of hydrogen-bond donors (Lipinski definition) is 1. The van der Waals surface area contributed by atoms with Gasteiger partial charge in [-0.3, -0.25) is 0 Å². The van der Waals surface area contributed by atoms with Gasteiger partial charge in [0, 0.05) is 11.0 Å². The van der Waals surface area contributed by atoms with Crippen LogP contribution in [0.25, 0.3) is 0 Å². The van der Waals surface area contributed by atoms with Crippen molar-refractivity contribution in [2.75, 3.05) is 11.9 Å². The monoisotopic (exact) mass is 261 g/mol. The molecule has 1 nitrogen and oxygen atoms in total. The lowest BCUT2D eigenvalue weighted by Gasteiger charge is -2.10. The average molecular weight is 263 g/mol. The van der Waals surface area contributed by atoms with Crippen molar-refractivity contribution in [1.29, 1.82) is 0 Å². The maximum absolute atomic E-state index is 6.02. The Labute approximate surface area is 92.6 Å². The third-order valence-electron chi connectivity index (χ3n) is 1.63. The van der Waals surface area contributed by atoms with Gasteiger partial charge in [-0.05, 0) is 24.1 Å². The highest BCUT2D eigenvalue weighted by Crippen LogP contribution is 2.25. The standard InChI is InChI=1S/C10H13BrClN/c1-7(2)6-13-10-4-3-8(11)5-9(10)12/h3-5,7,13H,6H2,1-2H3. The fourth-order valence-corrected chi connectivity index (χ4v) is 1.69. The lowest BCUT2D eigenvalue weighted by molar-refractivity contribution is 0.689. The molecule has 0 aliphatic carbocycles. The van der Waals surface area contributed by atoms with Crippen molar-refractivity contribution in [1.82, 2.24) is 0 Å². The van der Waals surface area contributed by atoms with Gasteiger partial charge in [0.15, 0.2) is 0 Å². The summed E-state index contributed by atoms with van der Waals surface area (Å²) in [6.45, 7) is 5.28. The van der Waals surface area contributed by atoms with Crippen molar-refractivity contribution in [2.24, 2.45) is 5.92 Å². The molecule has 0 aromatic heterocycles. The molecule has 0 saturated carbocycles. The molecule has 1 N–H and O–H groups in total. The summed E-state index contributed by atoms with van der Waals surface area (Å²) in [5.41, 5.74) is 0.999. The highest BCUT2D eigenvalue weighted by molar-refractivity contribution is 9.10. The maximum Gasteiger partial charge on any atom is 0.0648 e. The molecule has 0 saturated heterocycles. The van der Waals surface area contributed by atoms with E-state index in [4.69, 9.17) is 11.6 Å². The highest BCUT2D eigenvalue weighted by atomic mass is 79.9. The molecule has 0 bridgehead atoms. The van der Waals surface area contributed by atoms with Gasteiger partial charge in [0.1, 0.15) is 0 Å². The summed E-state index contributed by atoms with van der Waals surface area (Å²) >= 11 is 9.38. The molecule has 0 aliphatic heterocycles. The summed E-state index contributed by atoms with van der Waals surface area (Å²) in [5.74, 6) is 0.625. The predicted molar refractivity (Wildman–Crippen MR) is 62.5 cm³/mol. The number of rotatable bonds is 3. The van der Waals surface area contributed by atoms with Gasteiger partial charge in [0.25, 0.3) is 0 Å². The van der Waals surface area contributed by atoms with E-state index in [0.29, 0.717) is 5.92 Å². The first-order valence-corrected chi connectivity index (χ1v) is 5.45. The number of halogens is 2. The van der Waals surface area contributed by atoms with E-state index >= 15 is 0 Å². The first-order valence-electron chi connectivity index (χ1n) is 4.28. The Balaban J connectivity index is 2.67. The third-order valence-corrected chi connectivity index (χ3v) is 2.44. The van der Waals surface area contributed by atoms with Gasteiger partial charge in [-0.2, -0.15) is 0 Å². The fraction of sp³-hybridized carbons (Fsp3) is 0.400. The molecule has 72 valence electrons. The zero-order valence-corrected chi connectivity index (χ0v) is 10.1. The van der Waals surface area contributed by atoms with Gasteiger partial charge in [-0.15, -0.1) is 0 Å². The van der Waals surface area contributed by atoms with Crippen LogP contribution in [0.2, 0.25) is 5.02 Å². The van der Waals surface area contributed by atoms with Crippen molar-refractivity contribution in [3.05, 3.63) is 27.7 Å². The van der Waals surface area contributed by atoms with Crippen LogP contribution in [-0.2, 0) is 0 Å². The minimum absolute atomic E-state index is 0.625. The van der Waals surface area contributed by atoms with Crippen molar-refractivity contribution in [3.8, 4) is 0 Å². The van der Waals surface area contributed by atoms with E-state index in [2.05, 4.69) is 35.1 Å². The van der Waals surface area contributed by atoms with Crippen molar-refractivity contribution in [2.45, 2.75) is 13.8 Å². The largest absolute Gasteiger partial charge is 0.384 e. The molecule has 1 aromatic rings. The van der Waals surface area contributed by atoms with Crippen molar-refractivity contribution < 1.29 is 0 Å². The Morgan fingerprint density at radius 3 is 2.69 bits per heavy atom. The molecule has 0 unspecified atom stereocenters. The van der Waals surface area contributed by atoms with E-state index in [0.717, 1.165) is 21.7 Å². The SMILES string of the molecule is CC(C)CNc1ccc(Br)cc1Cl. The molecule has 0 fully saturated rings. The van der Waals surface area contributed by atoms with Crippen molar-refractivity contribution in [3.63, 3.8) is 0 Å². The summed E-state index contributed by atoms with van der Waals surface area (Å²) in [6, 6.07) is 5.85. The van der Waals surface area contributed by atoms with E-state index in [1.54, 1.807) is 0 Å². The molecule has 0 aliphatic rings. The predicted octanol–water partition coefficient (Wildman–Crippen LogP) is 4.17. The van der Waals surface area contributed by atoms with E-state index in [-0.39, 0.29) is 0 Å². The number of nitrogens with one attached hydrogen (secondary N) is 1. The molecule has 0 atom stereocenters. The van der Waals surface area contributed by atoms with Crippen LogP contribution >= 0.6 is 27.5 Å². The van der Waals surface area contributed by atoms with Crippen LogP contribution in [0.5, 0.6) is 0 Å². The molecule has 3 heteroatoms.